The minimum absolute atomic E-state index is 0.502. The molecule has 2 heterocycles. The number of halogens is 1. The number of aromatic nitrogens is 2. The molecule has 0 fully saturated rings. The molecule has 2 N–H and O–H groups in total. The molecule has 0 saturated carbocycles. The summed E-state index contributed by atoms with van der Waals surface area (Å²) < 4.78 is 2.93. The molecule has 3 rings (SSSR count). The molecule has 92 valence electrons. The van der Waals surface area contributed by atoms with Crippen molar-refractivity contribution in [2.45, 2.75) is 13.0 Å². The van der Waals surface area contributed by atoms with Crippen LogP contribution in [0.15, 0.2) is 34.8 Å². The second-order valence-electron chi connectivity index (χ2n) is 4.29. The average Bonchev–Trinajstić information content (AvgIpc) is 2.39. The van der Waals surface area contributed by atoms with Crippen LogP contribution in [0.3, 0.4) is 0 Å². The van der Waals surface area contributed by atoms with Gasteiger partial charge in [0.2, 0.25) is 5.95 Å². The highest BCUT2D eigenvalue weighted by Crippen LogP contribution is 2.22. The van der Waals surface area contributed by atoms with Crippen LogP contribution in [-0.2, 0) is 6.54 Å². The molecule has 0 atom stereocenters. The Kier molecular flexibility index (Phi) is 2.91. The Bertz CT molecular complexity index is 648. The quantitative estimate of drug-likeness (QED) is 0.851. The molecule has 0 saturated heterocycles. The second-order valence-corrected chi connectivity index (χ2v) is 5.21. The van der Waals surface area contributed by atoms with Crippen molar-refractivity contribution >= 4 is 21.9 Å². The summed E-state index contributed by atoms with van der Waals surface area (Å²) in [6, 6.07) is 9.80. The summed E-state index contributed by atoms with van der Waals surface area (Å²) in [5.41, 5.74) is 2.36. The van der Waals surface area contributed by atoms with E-state index < -0.39 is 0 Å². The van der Waals surface area contributed by atoms with Gasteiger partial charge in [-0.2, -0.15) is 0 Å². The lowest BCUT2D eigenvalue weighted by Crippen LogP contribution is -2.30. The number of fused-ring (bicyclic) bond motifs is 1. The highest BCUT2D eigenvalue weighted by atomic mass is 79.9. The molecule has 5 heteroatoms. The molecule has 1 aromatic carbocycles. The summed E-state index contributed by atoms with van der Waals surface area (Å²) in [6.07, 6.45) is 1.04. The van der Waals surface area contributed by atoms with Crippen LogP contribution in [0.5, 0.6) is 0 Å². The minimum atomic E-state index is 0.502. The lowest BCUT2D eigenvalue weighted by molar-refractivity contribution is 0.584. The zero-order valence-corrected chi connectivity index (χ0v) is 11.4. The van der Waals surface area contributed by atoms with Gasteiger partial charge in [0.25, 0.3) is 0 Å². The van der Waals surface area contributed by atoms with Crippen LogP contribution in [-0.4, -0.2) is 16.1 Å². The maximum Gasteiger partial charge on any atom is 0.204 e. The topological polar surface area (TPSA) is 53.7 Å². The summed E-state index contributed by atoms with van der Waals surface area (Å²) in [6.45, 7) is 1.79. The summed E-state index contributed by atoms with van der Waals surface area (Å²) in [7, 11) is 0. The van der Waals surface area contributed by atoms with Crippen molar-refractivity contribution in [3.8, 4) is 11.3 Å². The number of benzene rings is 1. The molecule has 0 bridgehead atoms. The van der Waals surface area contributed by atoms with Gasteiger partial charge in [0.15, 0.2) is 0 Å². The molecular formula is C13H13BrN4. The van der Waals surface area contributed by atoms with Gasteiger partial charge in [-0.15, -0.1) is 0 Å². The average molecular weight is 305 g/mol. The Morgan fingerprint density at radius 1 is 1.33 bits per heavy atom. The minimum Gasteiger partial charge on any atom is -0.356 e. The molecule has 0 aliphatic carbocycles. The van der Waals surface area contributed by atoms with Gasteiger partial charge in [-0.1, -0.05) is 28.1 Å². The summed E-state index contributed by atoms with van der Waals surface area (Å²) in [5, 5.41) is 11.3. The molecule has 1 aliphatic rings. The van der Waals surface area contributed by atoms with Crippen LogP contribution < -0.4 is 10.8 Å². The molecule has 1 aromatic heterocycles. The van der Waals surface area contributed by atoms with Crippen molar-refractivity contribution in [2.24, 2.45) is 0 Å². The molecule has 4 nitrogen and oxygen atoms in total. The standard InChI is InChI=1S/C13H13BrN4/c14-10-4-1-3-9(7-10)11-8-12(15)18-6-2-5-16-13(18)17-11/h1,3-4,7-8,15H,2,5-6H2,(H,16,17). The number of hydrogen-bond acceptors (Lipinski definition) is 3. The smallest absolute Gasteiger partial charge is 0.204 e. The van der Waals surface area contributed by atoms with Gasteiger partial charge in [-0.25, -0.2) is 4.98 Å². The van der Waals surface area contributed by atoms with Crippen molar-refractivity contribution in [3.05, 3.63) is 40.3 Å². The number of nitrogens with one attached hydrogen (secondary N) is 2. The number of nitrogens with zero attached hydrogens (tertiary/aromatic N) is 2. The second kappa shape index (κ2) is 4.57. The van der Waals surface area contributed by atoms with Gasteiger partial charge < -0.3 is 5.32 Å². The van der Waals surface area contributed by atoms with Gasteiger partial charge in [0.05, 0.1) is 5.69 Å². The van der Waals surface area contributed by atoms with Crippen molar-refractivity contribution < 1.29 is 0 Å². The first-order chi connectivity index (χ1) is 8.74. The predicted octanol–water partition coefficient (Wildman–Crippen LogP) is 2.61. The van der Waals surface area contributed by atoms with E-state index in [0.717, 1.165) is 41.2 Å². The highest BCUT2D eigenvalue weighted by molar-refractivity contribution is 9.10. The molecule has 0 spiro atoms. The number of rotatable bonds is 1. The fraction of sp³-hybridized carbons (Fsp3) is 0.231. The van der Waals surface area contributed by atoms with Crippen LogP contribution in [0.2, 0.25) is 0 Å². The predicted molar refractivity (Wildman–Crippen MR) is 74.3 cm³/mol. The molecule has 0 radical (unpaired) electrons. The summed E-state index contributed by atoms with van der Waals surface area (Å²) >= 11 is 3.46. The SMILES string of the molecule is N=c1cc(-c2cccc(Br)c2)nc2n1CCCN2. The van der Waals surface area contributed by atoms with Crippen molar-refractivity contribution in [3.63, 3.8) is 0 Å². The van der Waals surface area contributed by atoms with Crippen LogP contribution in [0, 0.1) is 5.41 Å². The fourth-order valence-electron chi connectivity index (χ4n) is 2.12. The van der Waals surface area contributed by atoms with Crippen molar-refractivity contribution in [1.82, 2.24) is 9.55 Å². The van der Waals surface area contributed by atoms with Gasteiger partial charge in [-0.3, -0.25) is 9.98 Å². The molecule has 18 heavy (non-hydrogen) atoms. The van der Waals surface area contributed by atoms with Gasteiger partial charge in [-0.05, 0) is 18.6 Å². The van der Waals surface area contributed by atoms with Crippen molar-refractivity contribution in [2.75, 3.05) is 11.9 Å². The van der Waals surface area contributed by atoms with E-state index in [-0.39, 0.29) is 0 Å². The number of hydrogen-bond donors (Lipinski definition) is 2. The van der Waals surface area contributed by atoms with E-state index in [0.29, 0.717) is 5.49 Å². The van der Waals surface area contributed by atoms with Crippen LogP contribution in [0.1, 0.15) is 6.42 Å². The lowest BCUT2D eigenvalue weighted by atomic mass is 10.1. The van der Waals surface area contributed by atoms with Crippen LogP contribution in [0.25, 0.3) is 11.3 Å². The molecule has 0 unspecified atom stereocenters. The summed E-state index contributed by atoms with van der Waals surface area (Å²) in [4.78, 5) is 4.60. The van der Waals surface area contributed by atoms with E-state index in [1.807, 2.05) is 34.9 Å². The maximum absolute atomic E-state index is 8.06. The van der Waals surface area contributed by atoms with Crippen molar-refractivity contribution in [1.29, 1.82) is 5.41 Å². The summed E-state index contributed by atoms with van der Waals surface area (Å²) in [5.74, 6) is 0.795. The maximum atomic E-state index is 8.06. The zero-order chi connectivity index (χ0) is 12.5. The Hall–Kier alpha value is -1.62. The first-order valence-electron chi connectivity index (χ1n) is 5.90. The Morgan fingerprint density at radius 2 is 2.22 bits per heavy atom. The van der Waals surface area contributed by atoms with E-state index in [2.05, 4.69) is 26.2 Å². The third-order valence-electron chi connectivity index (χ3n) is 3.01. The Labute approximate surface area is 113 Å². The van der Waals surface area contributed by atoms with Gasteiger partial charge >= 0.3 is 0 Å². The first kappa shape index (κ1) is 11.5. The van der Waals surface area contributed by atoms with E-state index >= 15 is 0 Å². The zero-order valence-electron chi connectivity index (χ0n) is 9.78. The van der Waals surface area contributed by atoms with E-state index in [1.165, 1.54) is 0 Å². The van der Waals surface area contributed by atoms with Gasteiger partial charge in [0, 0.05) is 29.2 Å². The molecule has 1 aliphatic heterocycles. The number of anilines is 1. The molecule has 0 amide bonds. The normalized spacial score (nSPS) is 13.8. The Morgan fingerprint density at radius 3 is 3.06 bits per heavy atom. The Balaban J connectivity index is 2.14. The molecular weight excluding hydrogens is 292 g/mol. The third kappa shape index (κ3) is 2.06. The lowest BCUT2D eigenvalue weighted by Gasteiger charge is -2.20. The first-order valence-corrected chi connectivity index (χ1v) is 6.69. The van der Waals surface area contributed by atoms with Crippen LogP contribution >= 0.6 is 15.9 Å². The fourth-order valence-corrected chi connectivity index (χ4v) is 2.52. The third-order valence-corrected chi connectivity index (χ3v) is 3.50. The van der Waals surface area contributed by atoms with E-state index in [1.54, 1.807) is 0 Å². The largest absolute Gasteiger partial charge is 0.356 e. The molecule has 2 aromatic rings. The van der Waals surface area contributed by atoms with E-state index in [9.17, 15) is 0 Å². The monoisotopic (exact) mass is 304 g/mol. The van der Waals surface area contributed by atoms with Crippen LogP contribution in [0.4, 0.5) is 5.95 Å². The highest BCUT2D eigenvalue weighted by Gasteiger charge is 2.11. The van der Waals surface area contributed by atoms with Gasteiger partial charge in [0.1, 0.15) is 5.49 Å². The van der Waals surface area contributed by atoms with E-state index in [4.69, 9.17) is 5.41 Å².